The van der Waals surface area contributed by atoms with Crippen LogP contribution in [0.4, 0.5) is 0 Å². The second kappa shape index (κ2) is 6.72. The van der Waals surface area contributed by atoms with Crippen LogP contribution >= 0.6 is 0 Å². The smallest absolute Gasteiger partial charge is 0.231 e. The third-order valence-corrected chi connectivity index (χ3v) is 4.06. The molecule has 1 aliphatic carbocycles. The Balaban J connectivity index is 2.20. The minimum atomic E-state index is -0.371. The number of phenols is 1. The van der Waals surface area contributed by atoms with Crippen molar-refractivity contribution in [3.8, 4) is 5.75 Å². The number of nitrogens with two attached hydrogens (primary N) is 1. The molecule has 21 heavy (non-hydrogen) atoms. The Morgan fingerprint density at radius 2 is 2.00 bits per heavy atom. The molecule has 1 aromatic rings. The Bertz CT molecular complexity index is 536. The van der Waals surface area contributed by atoms with Gasteiger partial charge in [-0.2, -0.15) is 0 Å². The number of amides is 1. The molecule has 0 aromatic heterocycles. The molecule has 0 unspecified atom stereocenters. The quantitative estimate of drug-likeness (QED) is 0.783. The first-order chi connectivity index (χ1) is 9.97. The van der Waals surface area contributed by atoms with Crippen molar-refractivity contribution in [1.82, 2.24) is 4.90 Å². The molecule has 1 fully saturated rings. The number of carbonyl (C=O) groups excluding carboxylic acids is 2. The van der Waals surface area contributed by atoms with Gasteiger partial charge in [0, 0.05) is 23.7 Å². The third kappa shape index (κ3) is 4.04. The van der Waals surface area contributed by atoms with E-state index >= 15 is 0 Å². The summed E-state index contributed by atoms with van der Waals surface area (Å²) >= 11 is 0. The van der Waals surface area contributed by atoms with Crippen LogP contribution in [0.5, 0.6) is 5.75 Å². The second-order valence-corrected chi connectivity index (χ2v) is 5.71. The monoisotopic (exact) mass is 290 g/mol. The molecule has 1 amide bonds. The standard InChI is InChI=1S/C16H22N2O3/c1-11(19)12-6-7-15(20)13(8-12)9-18(10-16(17)21)14-4-2-3-5-14/h6-8,14,20H,2-5,9-10H2,1H3,(H2,17,21). The molecule has 0 aliphatic heterocycles. The molecule has 1 aromatic carbocycles. The fraction of sp³-hybridized carbons (Fsp3) is 0.500. The van der Waals surface area contributed by atoms with Gasteiger partial charge in [0.05, 0.1) is 6.54 Å². The van der Waals surface area contributed by atoms with Gasteiger partial charge in [0.1, 0.15) is 5.75 Å². The van der Waals surface area contributed by atoms with Crippen molar-refractivity contribution in [2.75, 3.05) is 6.54 Å². The number of carbonyl (C=O) groups is 2. The number of Topliss-reactive ketones (excluding diaryl/α,β-unsaturated/α-hetero) is 1. The normalized spacial score (nSPS) is 15.5. The molecule has 1 aliphatic rings. The Labute approximate surface area is 124 Å². The highest BCUT2D eigenvalue weighted by atomic mass is 16.3. The second-order valence-electron chi connectivity index (χ2n) is 5.71. The van der Waals surface area contributed by atoms with Crippen molar-refractivity contribution >= 4 is 11.7 Å². The van der Waals surface area contributed by atoms with Gasteiger partial charge in [0.25, 0.3) is 0 Å². The zero-order valence-electron chi connectivity index (χ0n) is 12.3. The van der Waals surface area contributed by atoms with Gasteiger partial charge in [-0.25, -0.2) is 0 Å². The molecule has 1 saturated carbocycles. The highest BCUT2D eigenvalue weighted by Crippen LogP contribution is 2.27. The minimum absolute atomic E-state index is 0.0430. The van der Waals surface area contributed by atoms with Gasteiger partial charge >= 0.3 is 0 Å². The van der Waals surface area contributed by atoms with Crippen LogP contribution in [0.1, 0.15) is 48.5 Å². The van der Waals surface area contributed by atoms with Crippen molar-refractivity contribution in [3.63, 3.8) is 0 Å². The number of aromatic hydroxyl groups is 1. The summed E-state index contributed by atoms with van der Waals surface area (Å²) in [7, 11) is 0. The number of ketones is 1. The maximum absolute atomic E-state index is 11.5. The molecule has 5 nitrogen and oxygen atoms in total. The molecule has 0 saturated heterocycles. The molecule has 0 atom stereocenters. The zero-order valence-corrected chi connectivity index (χ0v) is 12.3. The van der Waals surface area contributed by atoms with E-state index in [2.05, 4.69) is 0 Å². The summed E-state index contributed by atoms with van der Waals surface area (Å²) < 4.78 is 0. The van der Waals surface area contributed by atoms with Gasteiger partial charge in [-0.1, -0.05) is 12.8 Å². The van der Waals surface area contributed by atoms with Crippen LogP contribution in [0, 0.1) is 0 Å². The van der Waals surface area contributed by atoms with Crippen LogP contribution in [0.25, 0.3) is 0 Å². The maximum atomic E-state index is 11.5. The minimum Gasteiger partial charge on any atom is -0.508 e. The Morgan fingerprint density at radius 3 is 2.57 bits per heavy atom. The zero-order chi connectivity index (χ0) is 15.4. The first-order valence-corrected chi connectivity index (χ1v) is 7.32. The molecule has 2 rings (SSSR count). The molecule has 0 bridgehead atoms. The van der Waals surface area contributed by atoms with Crippen LogP contribution in [0.15, 0.2) is 18.2 Å². The molecule has 0 spiro atoms. The molecule has 114 valence electrons. The number of nitrogens with zero attached hydrogens (tertiary/aromatic N) is 1. The lowest BCUT2D eigenvalue weighted by Crippen LogP contribution is -2.39. The number of hydrogen-bond donors (Lipinski definition) is 2. The Morgan fingerprint density at radius 1 is 1.33 bits per heavy atom. The van der Waals surface area contributed by atoms with Gasteiger partial charge < -0.3 is 10.8 Å². The van der Waals surface area contributed by atoms with Crippen molar-refractivity contribution in [3.05, 3.63) is 29.3 Å². The summed E-state index contributed by atoms with van der Waals surface area (Å²) in [5.41, 5.74) is 6.56. The topological polar surface area (TPSA) is 83.6 Å². The largest absolute Gasteiger partial charge is 0.508 e. The maximum Gasteiger partial charge on any atom is 0.231 e. The fourth-order valence-electron chi connectivity index (χ4n) is 2.93. The lowest BCUT2D eigenvalue weighted by molar-refractivity contribution is -0.119. The van der Waals surface area contributed by atoms with Crippen LogP contribution < -0.4 is 5.73 Å². The first-order valence-electron chi connectivity index (χ1n) is 7.32. The van der Waals surface area contributed by atoms with Crippen molar-refractivity contribution in [1.29, 1.82) is 0 Å². The van der Waals surface area contributed by atoms with E-state index in [1.807, 2.05) is 4.90 Å². The summed E-state index contributed by atoms with van der Waals surface area (Å²) in [5, 5.41) is 9.99. The predicted octanol–water partition coefficient (Wildman–Crippen LogP) is 1.82. The van der Waals surface area contributed by atoms with E-state index in [1.165, 1.54) is 13.0 Å². The summed E-state index contributed by atoms with van der Waals surface area (Å²) in [6.07, 6.45) is 4.39. The fourth-order valence-corrected chi connectivity index (χ4v) is 2.93. The average Bonchev–Trinajstić information content (AvgIpc) is 2.93. The van der Waals surface area contributed by atoms with Crippen LogP contribution in [-0.2, 0) is 11.3 Å². The van der Waals surface area contributed by atoms with Gasteiger partial charge in [-0.15, -0.1) is 0 Å². The lowest BCUT2D eigenvalue weighted by Gasteiger charge is -2.28. The van der Waals surface area contributed by atoms with Crippen molar-refractivity contribution in [2.45, 2.75) is 45.2 Å². The van der Waals surface area contributed by atoms with E-state index < -0.39 is 0 Å². The van der Waals surface area contributed by atoms with E-state index in [-0.39, 0.29) is 24.0 Å². The summed E-state index contributed by atoms with van der Waals surface area (Å²) in [4.78, 5) is 24.7. The van der Waals surface area contributed by atoms with Crippen molar-refractivity contribution in [2.24, 2.45) is 5.73 Å². The first kappa shape index (κ1) is 15.5. The number of primary amides is 1. The number of phenolic OH excluding ortho intramolecular Hbond substituents is 1. The average molecular weight is 290 g/mol. The highest BCUT2D eigenvalue weighted by molar-refractivity contribution is 5.94. The van der Waals surface area contributed by atoms with Gasteiger partial charge in [-0.05, 0) is 38.0 Å². The molecular weight excluding hydrogens is 268 g/mol. The van der Waals surface area contributed by atoms with E-state index in [9.17, 15) is 14.7 Å². The predicted molar refractivity (Wildman–Crippen MR) is 80.0 cm³/mol. The summed E-state index contributed by atoms with van der Waals surface area (Å²) in [5.74, 6) is -0.268. The molecule has 0 heterocycles. The highest BCUT2D eigenvalue weighted by Gasteiger charge is 2.24. The molecule has 5 heteroatoms. The Kier molecular flexibility index (Phi) is 4.96. The van der Waals surface area contributed by atoms with Crippen LogP contribution in [0.3, 0.4) is 0 Å². The number of hydrogen-bond acceptors (Lipinski definition) is 4. The third-order valence-electron chi connectivity index (χ3n) is 4.06. The van der Waals surface area contributed by atoms with Gasteiger partial charge in [-0.3, -0.25) is 14.5 Å². The van der Waals surface area contributed by atoms with E-state index in [4.69, 9.17) is 5.73 Å². The molecule has 3 N–H and O–H groups in total. The van der Waals surface area contributed by atoms with Gasteiger partial charge in [0.15, 0.2) is 5.78 Å². The van der Waals surface area contributed by atoms with Crippen molar-refractivity contribution < 1.29 is 14.7 Å². The molecule has 0 radical (unpaired) electrons. The summed E-state index contributed by atoms with van der Waals surface area (Å²) in [6, 6.07) is 5.15. The van der Waals surface area contributed by atoms with E-state index in [1.54, 1.807) is 12.1 Å². The van der Waals surface area contributed by atoms with Crippen LogP contribution in [0.2, 0.25) is 0 Å². The Hall–Kier alpha value is -1.88. The summed E-state index contributed by atoms with van der Waals surface area (Å²) in [6.45, 7) is 2.10. The molecular formula is C16H22N2O3. The number of rotatable bonds is 6. The van der Waals surface area contributed by atoms with Gasteiger partial charge in [0.2, 0.25) is 5.91 Å². The SMILES string of the molecule is CC(=O)c1ccc(O)c(CN(CC(N)=O)C2CCCC2)c1. The van der Waals surface area contributed by atoms with Crippen LogP contribution in [-0.4, -0.2) is 34.3 Å². The van der Waals surface area contributed by atoms with E-state index in [0.717, 1.165) is 25.7 Å². The lowest BCUT2D eigenvalue weighted by atomic mass is 10.1. The van der Waals surface area contributed by atoms with E-state index in [0.29, 0.717) is 23.7 Å². The number of benzene rings is 1.